The summed E-state index contributed by atoms with van der Waals surface area (Å²) in [5.74, 6) is -1.08. The minimum Gasteiger partial charge on any atom is -0.395 e. The summed E-state index contributed by atoms with van der Waals surface area (Å²) in [4.78, 5) is 13.8. The molecule has 1 aromatic carbocycles. The van der Waals surface area contributed by atoms with Crippen LogP contribution in [0.1, 0.15) is 24.8 Å². The number of hydrogen-bond donors (Lipinski definition) is 3. The predicted octanol–water partition coefficient (Wildman–Crippen LogP) is 2.81. The second-order valence-electron chi connectivity index (χ2n) is 5.98. The summed E-state index contributed by atoms with van der Waals surface area (Å²) in [6.07, 6.45) is -1.72. The summed E-state index contributed by atoms with van der Waals surface area (Å²) in [6, 6.07) is 1.22. The number of aliphatic hydroxyl groups excluding tert-OH is 1. The Morgan fingerprint density at radius 3 is 2.72 bits per heavy atom. The number of amides is 2. The van der Waals surface area contributed by atoms with Crippen LogP contribution in [0.4, 0.5) is 28.0 Å². The van der Waals surface area contributed by atoms with Crippen molar-refractivity contribution in [2.75, 3.05) is 31.6 Å². The third-order valence-electron chi connectivity index (χ3n) is 4.13. The first-order valence-electron chi connectivity index (χ1n) is 8.07. The van der Waals surface area contributed by atoms with Crippen LogP contribution in [0, 0.1) is 5.82 Å². The van der Waals surface area contributed by atoms with E-state index in [0.29, 0.717) is 18.7 Å². The van der Waals surface area contributed by atoms with Gasteiger partial charge in [0.25, 0.3) is 0 Å². The SMILES string of the molecule is O=C(NCCN1CCCC[C@H]1CO)Nc1cc(F)cc(C(F)(F)F)c1. The van der Waals surface area contributed by atoms with E-state index in [4.69, 9.17) is 0 Å². The van der Waals surface area contributed by atoms with Gasteiger partial charge in [0.2, 0.25) is 0 Å². The van der Waals surface area contributed by atoms with Crippen molar-refractivity contribution in [3.8, 4) is 0 Å². The van der Waals surface area contributed by atoms with Crippen molar-refractivity contribution in [3.05, 3.63) is 29.6 Å². The fourth-order valence-corrected chi connectivity index (χ4v) is 2.87. The number of nitrogens with one attached hydrogen (secondary N) is 2. The van der Waals surface area contributed by atoms with Gasteiger partial charge in [-0.25, -0.2) is 9.18 Å². The number of likely N-dealkylation sites (tertiary alicyclic amines) is 1. The zero-order valence-corrected chi connectivity index (χ0v) is 13.6. The maximum Gasteiger partial charge on any atom is 0.416 e. The van der Waals surface area contributed by atoms with E-state index in [-0.39, 0.29) is 24.9 Å². The van der Waals surface area contributed by atoms with Gasteiger partial charge in [0, 0.05) is 24.8 Å². The molecule has 0 saturated carbocycles. The zero-order valence-electron chi connectivity index (χ0n) is 13.6. The zero-order chi connectivity index (χ0) is 18.4. The number of halogens is 4. The van der Waals surface area contributed by atoms with Crippen molar-refractivity contribution < 1.29 is 27.5 Å². The van der Waals surface area contributed by atoms with Gasteiger partial charge in [0.1, 0.15) is 5.82 Å². The number of carbonyl (C=O) groups is 1. The monoisotopic (exact) mass is 363 g/mol. The Kier molecular flexibility index (Phi) is 6.60. The maximum absolute atomic E-state index is 13.3. The number of carbonyl (C=O) groups excluding carboxylic acids is 1. The minimum absolute atomic E-state index is 0.0513. The van der Waals surface area contributed by atoms with Gasteiger partial charge in [0.05, 0.1) is 12.2 Å². The number of rotatable bonds is 5. The first kappa shape index (κ1) is 19.5. The first-order chi connectivity index (χ1) is 11.8. The van der Waals surface area contributed by atoms with Crippen LogP contribution in [0.3, 0.4) is 0 Å². The number of hydrogen-bond acceptors (Lipinski definition) is 3. The summed E-state index contributed by atoms with van der Waals surface area (Å²) < 4.78 is 51.2. The Morgan fingerprint density at radius 1 is 1.28 bits per heavy atom. The molecule has 1 aliphatic rings. The quantitative estimate of drug-likeness (QED) is 0.705. The number of alkyl halides is 3. The molecular formula is C16H21F4N3O2. The smallest absolute Gasteiger partial charge is 0.395 e. The van der Waals surface area contributed by atoms with Gasteiger partial charge in [-0.05, 0) is 37.6 Å². The molecule has 140 valence electrons. The minimum atomic E-state index is -4.69. The number of nitrogens with zero attached hydrogens (tertiary/aromatic N) is 1. The Hall–Kier alpha value is -1.87. The van der Waals surface area contributed by atoms with E-state index >= 15 is 0 Å². The fourth-order valence-electron chi connectivity index (χ4n) is 2.87. The van der Waals surface area contributed by atoms with Crippen LogP contribution in [0.2, 0.25) is 0 Å². The van der Waals surface area contributed by atoms with E-state index in [1.807, 2.05) is 0 Å². The van der Waals surface area contributed by atoms with Gasteiger partial charge in [0.15, 0.2) is 0 Å². The molecule has 5 nitrogen and oxygen atoms in total. The van der Waals surface area contributed by atoms with Crippen LogP contribution in [0.25, 0.3) is 0 Å². The molecular weight excluding hydrogens is 342 g/mol. The van der Waals surface area contributed by atoms with Crippen molar-refractivity contribution in [3.63, 3.8) is 0 Å². The Bertz CT molecular complexity index is 595. The predicted molar refractivity (Wildman–Crippen MR) is 84.7 cm³/mol. The number of urea groups is 1. The van der Waals surface area contributed by atoms with Crippen LogP contribution in [0.5, 0.6) is 0 Å². The molecule has 1 fully saturated rings. The Labute approximate surface area is 143 Å². The van der Waals surface area contributed by atoms with E-state index in [1.54, 1.807) is 0 Å². The lowest BCUT2D eigenvalue weighted by Crippen LogP contribution is -2.46. The molecule has 2 amide bonds. The van der Waals surface area contributed by atoms with Crippen LogP contribution in [-0.2, 0) is 6.18 Å². The van der Waals surface area contributed by atoms with Gasteiger partial charge in [-0.3, -0.25) is 4.90 Å². The molecule has 1 atom stereocenters. The lowest BCUT2D eigenvalue weighted by molar-refractivity contribution is -0.137. The third-order valence-corrected chi connectivity index (χ3v) is 4.13. The molecule has 0 radical (unpaired) electrons. The second-order valence-corrected chi connectivity index (χ2v) is 5.98. The van der Waals surface area contributed by atoms with Crippen molar-refractivity contribution in [1.29, 1.82) is 0 Å². The topological polar surface area (TPSA) is 64.6 Å². The Morgan fingerprint density at radius 2 is 2.04 bits per heavy atom. The highest BCUT2D eigenvalue weighted by Crippen LogP contribution is 2.31. The average Bonchev–Trinajstić information content (AvgIpc) is 2.54. The first-order valence-corrected chi connectivity index (χ1v) is 8.07. The molecule has 25 heavy (non-hydrogen) atoms. The van der Waals surface area contributed by atoms with E-state index in [0.717, 1.165) is 31.9 Å². The van der Waals surface area contributed by atoms with Crippen LogP contribution < -0.4 is 10.6 Å². The molecule has 0 aromatic heterocycles. The summed E-state index contributed by atoms with van der Waals surface area (Å²) in [5, 5.41) is 14.0. The molecule has 1 heterocycles. The van der Waals surface area contributed by atoms with Gasteiger partial charge in [-0.15, -0.1) is 0 Å². The van der Waals surface area contributed by atoms with Crippen molar-refractivity contribution in [1.82, 2.24) is 10.2 Å². The number of anilines is 1. The highest BCUT2D eigenvalue weighted by atomic mass is 19.4. The van der Waals surface area contributed by atoms with E-state index in [2.05, 4.69) is 15.5 Å². The van der Waals surface area contributed by atoms with E-state index in [9.17, 15) is 27.5 Å². The second kappa shape index (κ2) is 8.48. The van der Waals surface area contributed by atoms with Crippen LogP contribution in [-0.4, -0.2) is 48.3 Å². The van der Waals surface area contributed by atoms with Crippen molar-refractivity contribution >= 4 is 11.7 Å². The summed E-state index contributed by atoms with van der Waals surface area (Å²) in [6.45, 7) is 1.67. The summed E-state index contributed by atoms with van der Waals surface area (Å²) in [5.41, 5.74) is -1.43. The fraction of sp³-hybridized carbons (Fsp3) is 0.562. The molecule has 9 heteroatoms. The summed E-state index contributed by atoms with van der Waals surface area (Å²) >= 11 is 0. The Balaban J connectivity index is 1.85. The molecule has 1 aliphatic heterocycles. The molecule has 0 spiro atoms. The van der Waals surface area contributed by atoms with Gasteiger partial charge in [-0.2, -0.15) is 13.2 Å². The average molecular weight is 363 g/mol. The highest BCUT2D eigenvalue weighted by Gasteiger charge is 2.31. The summed E-state index contributed by atoms with van der Waals surface area (Å²) in [7, 11) is 0. The lowest BCUT2D eigenvalue weighted by atomic mass is 10.0. The molecule has 0 unspecified atom stereocenters. The molecule has 0 aliphatic carbocycles. The van der Waals surface area contributed by atoms with Gasteiger partial charge in [-0.1, -0.05) is 6.42 Å². The van der Waals surface area contributed by atoms with Crippen LogP contribution in [0.15, 0.2) is 18.2 Å². The van der Waals surface area contributed by atoms with Crippen molar-refractivity contribution in [2.24, 2.45) is 0 Å². The highest BCUT2D eigenvalue weighted by molar-refractivity contribution is 5.89. The molecule has 0 bridgehead atoms. The molecule has 1 aromatic rings. The van der Waals surface area contributed by atoms with E-state index < -0.39 is 23.6 Å². The van der Waals surface area contributed by atoms with Gasteiger partial charge < -0.3 is 15.7 Å². The largest absolute Gasteiger partial charge is 0.416 e. The number of benzene rings is 1. The molecule has 3 N–H and O–H groups in total. The maximum atomic E-state index is 13.3. The third kappa shape index (κ3) is 5.86. The molecule has 1 saturated heterocycles. The normalized spacial score (nSPS) is 18.8. The van der Waals surface area contributed by atoms with Gasteiger partial charge >= 0.3 is 12.2 Å². The number of piperidine rings is 1. The number of aliphatic hydroxyl groups is 1. The standard InChI is InChI=1S/C16H21F4N3O2/c17-12-7-11(16(18,19)20)8-13(9-12)22-15(25)21-4-6-23-5-2-1-3-14(23)10-24/h7-9,14,24H,1-6,10H2,(H2,21,22,25)/t14-/m0/s1. The van der Waals surface area contributed by atoms with E-state index in [1.165, 1.54) is 0 Å². The van der Waals surface area contributed by atoms with Crippen molar-refractivity contribution in [2.45, 2.75) is 31.5 Å². The lowest BCUT2D eigenvalue weighted by Gasteiger charge is -2.34. The molecule has 2 rings (SSSR count). The van der Waals surface area contributed by atoms with Crippen LogP contribution >= 0.6 is 0 Å².